The number of fused-ring (bicyclic) bond motifs is 2. The largest absolute Gasteiger partial charge is 0.507 e. The Labute approximate surface area is 197 Å². The molecule has 0 saturated carbocycles. The normalized spacial score (nSPS) is 11.8. The summed E-state index contributed by atoms with van der Waals surface area (Å²) in [6, 6.07) is 28.7. The lowest BCUT2D eigenvalue weighted by molar-refractivity contribution is 0.475. The highest BCUT2D eigenvalue weighted by Gasteiger charge is 2.06. The summed E-state index contributed by atoms with van der Waals surface area (Å²) in [6.07, 6.45) is 3.40. The van der Waals surface area contributed by atoms with Gasteiger partial charge in [-0.15, -0.1) is 0 Å². The van der Waals surface area contributed by atoms with Crippen LogP contribution in [-0.2, 0) is 13.1 Å². The van der Waals surface area contributed by atoms with Crippen LogP contribution in [0.2, 0.25) is 0 Å². The maximum Gasteiger partial charge on any atom is 0.124 e. The molecule has 1 heterocycles. The molecule has 2 N–H and O–H groups in total. The summed E-state index contributed by atoms with van der Waals surface area (Å²) >= 11 is 0. The average molecular weight is 446 g/mol. The van der Waals surface area contributed by atoms with Gasteiger partial charge in [0.2, 0.25) is 0 Å². The molecule has 5 heteroatoms. The van der Waals surface area contributed by atoms with Gasteiger partial charge < -0.3 is 10.2 Å². The van der Waals surface area contributed by atoms with Crippen LogP contribution in [0.3, 0.4) is 0 Å². The van der Waals surface area contributed by atoms with Crippen molar-refractivity contribution in [3.63, 3.8) is 0 Å². The summed E-state index contributed by atoms with van der Waals surface area (Å²) in [4.78, 5) is 13.7. The standard InChI is InChI=1S/C29H23N3O2/c33-28-14-12-20-6-1-3-10-24(20)26(28)18-30-16-22-8-5-9-23(32-22)17-31-19-27-25-11-4-2-7-21(25)13-15-29(27)34/h1-15,18-19,33-34H,16-17H2. The van der Waals surface area contributed by atoms with Crippen LogP contribution in [0.4, 0.5) is 0 Å². The number of hydrogen-bond acceptors (Lipinski definition) is 5. The molecule has 0 amide bonds. The highest BCUT2D eigenvalue weighted by atomic mass is 16.3. The molecule has 166 valence electrons. The second kappa shape index (κ2) is 9.55. The minimum Gasteiger partial charge on any atom is -0.507 e. The zero-order valence-electron chi connectivity index (χ0n) is 18.5. The maximum absolute atomic E-state index is 10.3. The second-order valence-electron chi connectivity index (χ2n) is 8.00. The highest BCUT2D eigenvalue weighted by Crippen LogP contribution is 2.26. The molecule has 0 aliphatic rings. The molecule has 0 aliphatic heterocycles. The van der Waals surface area contributed by atoms with E-state index in [4.69, 9.17) is 0 Å². The Hall–Kier alpha value is -4.51. The van der Waals surface area contributed by atoms with Gasteiger partial charge in [-0.05, 0) is 45.8 Å². The number of benzene rings is 4. The van der Waals surface area contributed by atoms with Gasteiger partial charge in [-0.2, -0.15) is 0 Å². The van der Waals surface area contributed by atoms with Gasteiger partial charge in [-0.25, -0.2) is 0 Å². The minimum absolute atomic E-state index is 0.204. The number of aromatic hydroxyl groups is 2. The minimum atomic E-state index is 0.204. The lowest BCUT2D eigenvalue weighted by Crippen LogP contribution is -1.95. The fraction of sp³-hybridized carbons (Fsp3) is 0.0690. The van der Waals surface area contributed by atoms with E-state index in [1.165, 1.54) is 0 Å². The van der Waals surface area contributed by atoms with E-state index in [9.17, 15) is 10.2 Å². The average Bonchev–Trinajstić information content (AvgIpc) is 2.87. The highest BCUT2D eigenvalue weighted by molar-refractivity contribution is 6.03. The molecular formula is C29H23N3O2. The monoisotopic (exact) mass is 445 g/mol. The van der Waals surface area contributed by atoms with Gasteiger partial charge in [0.05, 0.1) is 24.5 Å². The Kier molecular flexibility index (Phi) is 5.99. The van der Waals surface area contributed by atoms with Crippen molar-refractivity contribution < 1.29 is 10.2 Å². The van der Waals surface area contributed by atoms with Gasteiger partial charge >= 0.3 is 0 Å². The maximum atomic E-state index is 10.3. The first-order chi connectivity index (χ1) is 16.7. The predicted octanol–water partition coefficient (Wildman–Crippen LogP) is 6.04. The van der Waals surface area contributed by atoms with Crippen LogP contribution < -0.4 is 0 Å². The summed E-state index contributed by atoms with van der Waals surface area (Å²) in [7, 11) is 0. The number of phenols is 2. The molecule has 5 nitrogen and oxygen atoms in total. The van der Waals surface area contributed by atoms with Crippen molar-refractivity contribution in [2.24, 2.45) is 9.98 Å². The quantitative estimate of drug-likeness (QED) is 0.313. The Balaban J connectivity index is 1.31. The number of hydrogen-bond donors (Lipinski definition) is 2. The van der Waals surface area contributed by atoms with E-state index >= 15 is 0 Å². The molecule has 1 aromatic heterocycles. The molecule has 0 spiro atoms. The smallest absolute Gasteiger partial charge is 0.124 e. The number of phenolic OH excluding ortho intramolecular Hbond substituents is 2. The fourth-order valence-electron chi connectivity index (χ4n) is 4.01. The van der Waals surface area contributed by atoms with Crippen molar-refractivity contribution in [3.8, 4) is 11.5 Å². The third-order valence-electron chi connectivity index (χ3n) is 5.71. The van der Waals surface area contributed by atoms with Crippen LogP contribution in [0.25, 0.3) is 21.5 Å². The van der Waals surface area contributed by atoms with E-state index in [1.807, 2.05) is 78.9 Å². The zero-order valence-corrected chi connectivity index (χ0v) is 18.5. The lowest BCUT2D eigenvalue weighted by Gasteiger charge is -2.05. The summed E-state index contributed by atoms with van der Waals surface area (Å²) in [5.74, 6) is 0.408. The molecule has 4 aromatic carbocycles. The summed E-state index contributed by atoms with van der Waals surface area (Å²) in [6.45, 7) is 0.786. The second-order valence-corrected chi connectivity index (χ2v) is 8.00. The van der Waals surface area contributed by atoms with Crippen LogP contribution in [0.5, 0.6) is 11.5 Å². The molecule has 0 atom stereocenters. The van der Waals surface area contributed by atoms with Gasteiger partial charge in [-0.1, -0.05) is 66.7 Å². The number of nitrogens with zero attached hydrogens (tertiary/aromatic N) is 3. The summed E-state index contributed by atoms with van der Waals surface area (Å²) in [5.41, 5.74) is 3.04. The number of aromatic nitrogens is 1. The van der Waals surface area contributed by atoms with E-state index in [2.05, 4.69) is 15.0 Å². The van der Waals surface area contributed by atoms with Crippen molar-refractivity contribution in [1.82, 2.24) is 4.98 Å². The van der Waals surface area contributed by atoms with Gasteiger partial charge in [0.25, 0.3) is 0 Å². The van der Waals surface area contributed by atoms with Gasteiger partial charge in [0.1, 0.15) is 11.5 Å². The van der Waals surface area contributed by atoms with Crippen molar-refractivity contribution >= 4 is 34.0 Å². The van der Waals surface area contributed by atoms with Crippen molar-refractivity contribution in [1.29, 1.82) is 0 Å². The van der Waals surface area contributed by atoms with Crippen LogP contribution in [-0.4, -0.2) is 27.6 Å². The van der Waals surface area contributed by atoms with Gasteiger partial charge in [-0.3, -0.25) is 15.0 Å². The van der Waals surface area contributed by atoms with Crippen LogP contribution in [0, 0.1) is 0 Å². The van der Waals surface area contributed by atoms with E-state index in [0.717, 1.165) is 32.9 Å². The lowest BCUT2D eigenvalue weighted by atomic mass is 10.0. The van der Waals surface area contributed by atoms with Crippen molar-refractivity contribution in [2.75, 3.05) is 0 Å². The third kappa shape index (κ3) is 4.50. The molecule has 0 fully saturated rings. The first-order valence-electron chi connectivity index (χ1n) is 11.0. The molecule has 0 bridgehead atoms. The van der Waals surface area contributed by atoms with Crippen LogP contribution in [0.15, 0.2) is 101 Å². The summed E-state index contributed by atoms with van der Waals surface area (Å²) in [5, 5.41) is 24.6. The van der Waals surface area contributed by atoms with Gasteiger partial charge in [0.15, 0.2) is 0 Å². The van der Waals surface area contributed by atoms with E-state index in [1.54, 1.807) is 24.6 Å². The molecule has 5 rings (SSSR count). The van der Waals surface area contributed by atoms with E-state index in [0.29, 0.717) is 24.2 Å². The SMILES string of the molecule is Oc1ccc2ccccc2c1C=NCc1cccc(CN=Cc2c(O)ccc3ccccc23)n1. The molecule has 0 aliphatic carbocycles. The Morgan fingerprint density at radius 3 is 1.53 bits per heavy atom. The molecule has 34 heavy (non-hydrogen) atoms. The first-order valence-corrected chi connectivity index (χ1v) is 11.0. The van der Waals surface area contributed by atoms with Crippen LogP contribution >= 0.6 is 0 Å². The molecular weight excluding hydrogens is 422 g/mol. The number of rotatable bonds is 6. The summed E-state index contributed by atoms with van der Waals surface area (Å²) < 4.78 is 0. The first kappa shape index (κ1) is 21.3. The molecule has 0 saturated heterocycles. The Bertz CT molecular complexity index is 1430. The van der Waals surface area contributed by atoms with E-state index < -0.39 is 0 Å². The molecule has 0 radical (unpaired) electrons. The Morgan fingerprint density at radius 1 is 0.559 bits per heavy atom. The topological polar surface area (TPSA) is 78.1 Å². The Morgan fingerprint density at radius 2 is 1.03 bits per heavy atom. The zero-order chi connectivity index (χ0) is 23.3. The predicted molar refractivity (Wildman–Crippen MR) is 138 cm³/mol. The van der Waals surface area contributed by atoms with Crippen LogP contribution in [0.1, 0.15) is 22.5 Å². The third-order valence-corrected chi connectivity index (χ3v) is 5.71. The van der Waals surface area contributed by atoms with E-state index in [-0.39, 0.29) is 11.5 Å². The number of aliphatic imine (C=N–C) groups is 2. The molecule has 5 aromatic rings. The fourth-order valence-corrected chi connectivity index (χ4v) is 4.01. The number of pyridine rings is 1. The van der Waals surface area contributed by atoms with Crippen molar-refractivity contribution in [2.45, 2.75) is 13.1 Å². The molecule has 0 unspecified atom stereocenters. The van der Waals surface area contributed by atoms with Crippen molar-refractivity contribution in [3.05, 3.63) is 114 Å². The van der Waals surface area contributed by atoms with Gasteiger partial charge in [0, 0.05) is 23.6 Å².